The van der Waals surface area contributed by atoms with Crippen LogP contribution in [0.5, 0.6) is 5.75 Å². The number of benzene rings is 1. The maximum Gasteiger partial charge on any atom is 0.252 e. The minimum Gasteiger partial charge on any atom is -0.497 e. The number of ether oxygens (including phenoxy) is 1. The van der Waals surface area contributed by atoms with Crippen LogP contribution in [-0.4, -0.2) is 48.7 Å². The fourth-order valence-corrected chi connectivity index (χ4v) is 4.28. The first-order valence-electron chi connectivity index (χ1n) is 8.29. The van der Waals surface area contributed by atoms with Crippen molar-refractivity contribution in [3.05, 3.63) is 52.6 Å². The molecule has 0 saturated carbocycles. The van der Waals surface area contributed by atoms with Crippen LogP contribution in [-0.2, 0) is 0 Å². The van der Waals surface area contributed by atoms with Crippen molar-refractivity contribution in [2.24, 2.45) is 11.8 Å². The van der Waals surface area contributed by atoms with E-state index in [0.717, 1.165) is 31.2 Å². The molecule has 3 heterocycles. The highest BCUT2D eigenvalue weighted by Crippen LogP contribution is 2.44. The number of hydrogen-bond acceptors (Lipinski definition) is 5. The van der Waals surface area contributed by atoms with Crippen LogP contribution in [0.3, 0.4) is 0 Å². The van der Waals surface area contributed by atoms with Crippen molar-refractivity contribution in [2.45, 2.75) is 6.04 Å². The quantitative estimate of drug-likeness (QED) is 0.859. The largest absolute Gasteiger partial charge is 0.497 e. The van der Waals surface area contributed by atoms with Crippen molar-refractivity contribution in [3.63, 3.8) is 0 Å². The monoisotopic (exact) mass is 398 g/mol. The molecule has 0 bridgehead atoms. The van der Waals surface area contributed by atoms with Gasteiger partial charge in [-0.3, -0.25) is 9.69 Å². The molecule has 3 atom stereocenters. The van der Waals surface area contributed by atoms with Crippen LogP contribution in [0.2, 0.25) is 0 Å². The van der Waals surface area contributed by atoms with E-state index in [2.05, 4.69) is 38.9 Å². The molecule has 0 radical (unpaired) electrons. The molecule has 1 aromatic carbocycles. The summed E-state index contributed by atoms with van der Waals surface area (Å²) in [5.74, 6) is 2.81. The van der Waals surface area contributed by atoms with Gasteiger partial charge in [-0.05, 0) is 30.7 Å². The Morgan fingerprint density at radius 3 is 2.54 bits per heavy atom. The van der Waals surface area contributed by atoms with Gasteiger partial charge >= 0.3 is 0 Å². The number of methoxy groups -OCH3 is 1. The zero-order valence-electron chi connectivity index (χ0n) is 14.8. The molecule has 0 unspecified atom stereocenters. The molecule has 2 saturated heterocycles. The normalized spacial score (nSPS) is 24.5. The number of anilines is 1. The zero-order chi connectivity index (χ0) is 16.7. The molecule has 6 nitrogen and oxygen atoms in total. The maximum absolute atomic E-state index is 11.5. The van der Waals surface area contributed by atoms with E-state index in [0.29, 0.717) is 17.9 Å². The molecule has 2 aliphatic rings. The first kappa shape index (κ1) is 20.6. The van der Waals surface area contributed by atoms with Gasteiger partial charge in [0.15, 0.2) is 0 Å². The molecule has 1 aromatic heterocycles. The van der Waals surface area contributed by atoms with Crippen molar-refractivity contribution < 1.29 is 4.74 Å². The van der Waals surface area contributed by atoms with E-state index in [1.165, 1.54) is 11.9 Å². The first-order chi connectivity index (χ1) is 11.7. The number of halogens is 2. The first-order valence-corrected chi connectivity index (χ1v) is 8.29. The van der Waals surface area contributed by atoms with Crippen molar-refractivity contribution >= 4 is 30.6 Å². The predicted molar refractivity (Wildman–Crippen MR) is 107 cm³/mol. The third kappa shape index (κ3) is 3.68. The Morgan fingerprint density at radius 2 is 1.88 bits per heavy atom. The third-order valence-electron chi connectivity index (χ3n) is 5.34. The summed E-state index contributed by atoms with van der Waals surface area (Å²) in [5, 5.41) is 0. The second kappa shape index (κ2) is 8.29. The lowest BCUT2D eigenvalue weighted by atomic mass is 9.89. The average Bonchev–Trinajstić information content (AvgIpc) is 3.11. The Bertz CT molecular complexity index is 783. The van der Waals surface area contributed by atoms with Gasteiger partial charge < -0.3 is 14.6 Å². The van der Waals surface area contributed by atoms with E-state index < -0.39 is 0 Å². The van der Waals surface area contributed by atoms with E-state index in [4.69, 9.17) is 4.74 Å². The van der Waals surface area contributed by atoms with Gasteiger partial charge in [0.25, 0.3) is 5.56 Å². The van der Waals surface area contributed by atoms with E-state index >= 15 is 0 Å². The highest BCUT2D eigenvalue weighted by Gasteiger charge is 2.46. The van der Waals surface area contributed by atoms with Crippen LogP contribution in [0.25, 0.3) is 0 Å². The van der Waals surface area contributed by atoms with Crippen LogP contribution >= 0.6 is 24.8 Å². The highest BCUT2D eigenvalue weighted by atomic mass is 35.5. The summed E-state index contributed by atoms with van der Waals surface area (Å²) in [4.78, 5) is 23.2. The topological polar surface area (TPSA) is 61.5 Å². The van der Waals surface area contributed by atoms with Crippen LogP contribution in [0.15, 0.2) is 41.5 Å². The Kier molecular flexibility index (Phi) is 6.55. The number of fused-ring (bicyclic) bond motifs is 1. The smallest absolute Gasteiger partial charge is 0.252 e. The molecule has 8 heteroatoms. The number of H-pyrrole nitrogens is 1. The molecule has 2 fully saturated rings. The van der Waals surface area contributed by atoms with Gasteiger partial charge in [0, 0.05) is 37.7 Å². The zero-order valence-corrected chi connectivity index (χ0v) is 16.4. The molecular weight excluding hydrogens is 375 g/mol. The number of aromatic nitrogens is 2. The van der Waals surface area contributed by atoms with Gasteiger partial charge in [0.1, 0.15) is 11.6 Å². The second-order valence-electron chi connectivity index (χ2n) is 6.76. The van der Waals surface area contributed by atoms with Crippen molar-refractivity contribution in [2.75, 3.05) is 38.7 Å². The maximum atomic E-state index is 11.5. The minimum atomic E-state index is -0.0964. The fourth-order valence-electron chi connectivity index (χ4n) is 4.28. The summed E-state index contributed by atoms with van der Waals surface area (Å²) < 4.78 is 5.27. The Balaban J connectivity index is 0.00000121. The van der Waals surface area contributed by atoms with Crippen LogP contribution < -0.4 is 15.2 Å². The van der Waals surface area contributed by atoms with E-state index in [1.807, 2.05) is 12.1 Å². The molecular formula is C18H24Cl2N4O2. The van der Waals surface area contributed by atoms with Crippen LogP contribution in [0, 0.1) is 11.8 Å². The summed E-state index contributed by atoms with van der Waals surface area (Å²) in [7, 11) is 3.89. The Morgan fingerprint density at radius 1 is 1.15 bits per heavy atom. The summed E-state index contributed by atoms with van der Waals surface area (Å²) >= 11 is 0. The summed E-state index contributed by atoms with van der Waals surface area (Å²) in [6.07, 6.45) is 1.48. The number of nitrogens with zero attached hydrogens (tertiary/aromatic N) is 3. The summed E-state index contributed by atoms with van der Waals surface area (Å²) in [6.45, 7) is 2.96. The Labute approximate surface area is 165 Å². The molecule has 0 spiro atoms. The number of aromatic amines is 1. The fraction of sp³-hybridized carbons (Fsp3) is 0.444. The lowest BCUT2D eigenvalue weighted by molar-refractivity contribution is 0.279. The Hall–Kier alpha value is -1.76. The molecule has 2 aliphatic heterocycles. The highest BCUT2D eigenvalue weighted by molar-refractivity contribution is 5.85. The number of hydrogen-bond donors (Lipinski definition) is 1. The van der Waals surface area contributed by atoms with Gasteiger partial charge in [-0.1, -0.05) is 12.1 Å². The number of rotatable bonds is 3. The summed E-state index contributed by atoms with van der Waals surface area (Å²) in [6, 6.07) is 10.4. The minimum absolute atomic E-state index is 0. The van der Waals surface area contributed by atoms with E-state index in [1.54, 1.807) is 13.2 Å². The van der Waals surface area contributed by atoms with Crippen molar-refractivity contribution in [3.8, 4) is 5.75 Å². The molecule has 26 heavy (non-hydrogen) atoms. The SMILES string of the molecule is COc1ccc([C@@H]2[C@@H]3CN(c4cc(=O)[nH]cn4)C[C@@H]3CN2C)cc1.Cl.Cl. The lowest BCUT2D eigenvalue weighted by Gasteiger charge is -2.27. The van der Waals surface area contributed by atoms with Gasteiger partial charge in [-0.25, -0.2) is 4.98 Å². The molecule has 142 valence electrons. The molecule has 2 aromatic rings. The van der Waals surface area contributed by atoms with Gasteiger partial charge in [-0.2, -0.15) is 0 Å². The third-order valence-corrected chi connectivity index (χ3v) is 5.34. The van der Waals surface area contributed by atoms with Crippen LogP contribution in [0.4, 0.5) is 5.82 Å². The molecule has 4 rings (SSSR count). The van der Waals surface area contributed by atoms with Gasteiger partial charge in [0.2, 0.25) is 0 Å². The summed E-state index contributed by atoms with van der Waals surface area (Å²) in [5.41, 5.74) is 1.23. The van der Waals surface area contributed by atoms with Gasteiger partial charge in [0.05, 0.1) is 13.4 Å². The predicted octanol–water partition coefficient (Wildman–Crippen LogP) is 2.36. The van der Waals surface area contributed by atoms with Crippen molar-refractivity contribution in [1.82, 2.24) is 14.9 Å². The average molecular weight is 399 g/mol. The molecule has 1 N–H and O–H groups in total. The number of likely N-dealkylation sites (tertiary alicyclic amines) is 1. The molecule has 0 aliphatic carbocycles. The molecule has 0 amide bonds. The second-order valence-corrected chi connectivity index (χ2v) is 6.76. The number of nitrogens with one attached hydrogen (secondary N) is 1. The standard InChI is InChI=1S/C18H22N4O2.2ClH/c1-21-8-13-9-22(16-7-17(23)20-11-19-16)10-15(13)18(21)12-3-5-14(24-2)6-4-12;;/h3-7,11,13,15,18H,8-10H2,1-2H3,(H,19,20,23);2*1H/t13-,15+,18+;;/m0../s1. The van der Waals surface area contributed by atoms with E-state index in [-0.39, 0.29) is 30.4 Å². The van der Waals surface area contributed by atoms with Crippen molar-refractivity contribution in [1.29, 1.82) is 0 Å². The van der Waals surface area contributed by atoms with Crippen LogP contribution in [0.1, 0.15) is 11.6 Å². The lowest BCUT2D eigenvalue weighted by Crippen LogP contribution is -2.30. The van der Waals surface area contributed by atoms with E-state index in [9.17, 15) is 4.79 Å². The van der Waals surface area contributed by atoms with Gasteiger partial charge in [-0.15, -0.1) is 24.8 Å².